The lowest BCUT2D eigenvalue weighted by Gasteiger charge is -2.38. The van der Waals surface area contributed by atoms with Crippen molar-refractivity contribution >= 4 is 5.69 Å². The van der Waals surface area contributed by atoms with Gasteiger partial charge in [0.05, 0.1) is 18.8 Å². The predicted octanol–water partition coefficient (Wildman–Crippen LogP) is 0.761. The van der Waals surface area contributed by atoms with Gasteiger partial charge in [0.15, 0.2) is 0 Å². The molecule has 1 heterocycles. The first-order valence-electron chi connectivity index (χ1n) is 4.35. The lowest BCUT2D eigenvalue weighted by atomic mass is 9.88. The van der Waals surface area contributed by atoms with Crippen LogP contribution in [-0.2, 0) is 10.3 Å². The third-order valence-electron chi connectivity index (χ3n) is 2.56. The fourth-order valence-corrected chi connectivity index (χ4v) is 1.47. The Morgan fingerprint density at radius 3 is 2.54 bits per heavy atom. The molecule has 0 saturated carbocycles. The molecule has 3 nitrogen and oxygen atoms in total. The van der Waals surface area contributed by atoms with Crippen LogP contribution in [0.15, 0.2) is 18.2 Å². The zero-order chi connectivity index (χ0) is 9.47. The van der Waals surface area contributed by atoms with Crippen molar-refractivity contribution in [1.82, 2.24) is 0 Å². The standard InChI is InChI=1S/C10H14N2O/c1-7-4-8(2-3-9(7)11)10(12)5-13-6-10/h2-4H,5-6,11-12H2,1H3. The summed E-state index contributed by atoms with van der Waals surface area (Å²) < 4.78 is 5.11. The number of rotatable bonds is 1. The van der Waals surface area contributed by atoms with Crippen molar-refractivity contribution in [3.63, 3.8) is 0 Å². The van der Waals surface area contributed by atoms with Crippen LogP contribution in [0.2, 0.25) is 0 Å². The monoisotopic (exact) mass is 178 g/mol. The molecule has 1 aliphatic heterocycles. The molecule has 0 atom stereocenters. The summed E-state index contributed by atoms with van der Waals surface area (Å²) in [6.07, 6.45) is 0. The molecule has 0 radical (unpaired) electrons. The van der Waals surface area contributed by atoms with Crippen molar-refractivity contribution in [2.45, 2.75) is 12.5 Å². The number of anilines is 1. The van der Waals surface area contributed by atoms with Crippen LogP contribution in [0.4, 0.5) is 5.69 Å². The Hall–Kier alpha value is -1.06. The Bertz CT molecular complexity index is 332. The average molecular weight is 178 g/mol. The van der Waals surface area contributed by atoms with E-state index >= 15 is 0 Å². The van der Waals surface area contributed by atoms with Crippen LogP contribution in [0.1, 0.15) is 11.1 Å². The van der Waals surface area contributed by atoms with Gasteiger partial charge in [-0.3, -0.25) is 0 Å². The van der Waals surface area contributed by atoms with Crippen molar-refractivity contribution in [3.05, 3.63) is 29.3 Å². The summed E-state index contributed by atoms with van der Waals surface area (Å²) in [6.45, 7) is 3.20. The third kappa shape index (κ3) is 1.30. The number of nitrogens with two attached hydrogens (primary N) is 2. The first-order valence-corrected chi connectivity index (χ1v) is 4.35. The first kappa shape index (κ1) is 8.53. The summed E-state index contributed by atoms with van der Waals surface area (Å²) >= 11 is 0. The Kier molecular flexibility index (Phi) is 1.78. The molecule has 4 N–H and O–H groups in total. The van der Waals surface area contributed by atoms with Gasteiger partial charge in [-0.05, 0) is 24.1 Å². The summed E-state index contributed by atoms with van der Waals surface area (Å²) in [6, 6.07) is 5.92. The van der Waals surface area contributed by atoms with Gasteiger partial charge in [0.2, 0.25) is 0 Å². The van der Waals surface area contributed by atoms with Crippen LogP contribution in [0, 0.1) is 6.92 Å². The van der Waals surface area contributed by atoms with Gasteiger partial charge >= 0.3 is 0 Å². The van der Waals surface area contributed by atoms with Crippen LogP contribution >= 0.6 is 0 Å². The van der Waals surface area contributed by atoms with Crippen molar-refractivity contribution in [2.75, 3.05) is 18.9 Å². The second-order valence-corrected chi connectivity index (χ2v) is 3.72. The molecule has 0 bridgehead atoms. The maximum absolute atomic E-state index is 6.08. The van der Waals surface area contributed by atoms with E-state index in [4.69, 9.17) is 16.2 Å². The van der Waals surface area contributed by atoms with Gasteiger partial charge in [0.25, 0.3) is 0 Å². The fourth-order valence-electron chi connectivity index (χ4n) is 1.47. The zero-order valence-corrected chi connectivity index (χ0v) is 7.71. The number of ether oxygens (including phenoxy) is 1. The highest BCUT2D eigenvalue weighted by Crippen LogP contribution is 2.28. The molecule has 0 amide bonds. The van der Waals surface area contributed by atoms with Crippen LogP contribution in [0.5, 0.6) is 0 Å². The normalized spacial score (nSPS) is 19.5. The number of hydrogen-bond acceptors (Lipinski definition) is 3. The van der Waals surface area contributed by atoms with Gasteiger partial charge in [-0.1, -0.05) is 12.1 Å². The molecule has 1 fully saturated rings. The molecule has 0 aliphatic carbocycles. The highest BCUT2D eigenvalue weighted by atomic mass is 16.5. The Morgan fingerprint density at radius 2 is 2.08 bits per heavy atom. The van der Waals surface area contributed by atoms with Crippen LogP contribution in [0.3, 0.4) is 0 Å². The third-order valence-corrected chi connectivity index (χ3v) is 2.56. The molecule has 1 aromatic carbocycles. The minimum Gasteiger partial charge on any atom is -0.399 e. The van der Waals surface area contributed by atoms with Crippen molar-refractivity contribution < 1.29 is 4.74 Å². The molecular formula is C10H14N2O. The predicted molar refractivity (Wildman–Crippen MR) is 52.3 cm³/mol. The van der Waals surface area contributed by atoms with Gasteiger partial charge in [0, 0.05) is 5.69 Å². The van der Waals surface area contributed by atoms with Gasteiger partial charge in [-0.25, -0.2) is 0 Å². The van der Waals surface area contributed by atoms with Crippen LogP contribution in [-0.4, -0.2) is 13.2 Å². The smallest absolute Gasteiger partial charge is 0.0883 e. The van der Waals surface area contributed by atoms with E-state index in [0.717, 1.165) is 16.8 Å². The molecule has 13 heavy (non-hydrogen) atoms. The SMILES string of the molecule is Cc1cc(C2(N)COC2)ccc1N. The molecule has 0 spiro atoms. The van der Waals surface area contributed by atoms with E-state index in [-0.39, 0.29) is 5.54 Å². The van der Waals surface area contributed by atoms with Crippen molar-refractivity contribution in [1.29, 1.82) is 0 Å². The molecule has 70 valence electrons. The quantitative estimate of drug-likeness (QED) is 0.624. The summed E-state index contributed by atoms with van der Waals surface area (Å²) in [7, 11) is 0. The average Bonchev–Trinajstić information content (AvgIpc) is 2.06. The fraction of sp³-hybridized carbons (Fsp3) is 0.400. The molecule has 0 unspecified atom stereocenters. The van der Waals surface area contributed by atoms with Gasteiger partial charge in [-0.15, -0.1) is 0 Å². The Labute approximate surface area is 77.7 Å². The summed E-state index contributed by atoms with van der Waals surface area (Å²) in [5, 5.41) is 0. The van der Waals surface area contributed by atoms with Crippen molar-refractivity contribution in [3.8, 4) is 0 Å². The van der Waals surface area contributed by atoms with E-state index in [2.05, 4.69) is 0 Å². The van der Waals surface area contributed by atoms with Crippen molar-refractivity contribution in [2.24, 2.45) is 5.73 Å². The molecule has 1 aliphatic rings. The number of aryl methyl sites for hydroxylation is 1. The Balaban J connectivity index is 2.36. The van der Waals surface area contributed by atoms with Gasteiger partial charge < -0.3 is 16.2 Å². The lowest BCUT2D eigenvalue weighted by molar-refractivity contribution is -0.0569. The van der Waals surface area contributed by atoms with E-state index in [1.54, 1.807) is 0 Å². The largest absolute Gasteiger partial charge is 0.399 e. The van der Waals surface area contributed by atoms with Crippen LogP contribution < -0.4 is 11.5 Å². The molecule has 2 rings (SSSR count). The van der Waals surface area contributed by atoms with E-state index in [1.165, 1.54) is 0 Å². The minimum atomic E-state index is -0.279. The summed E-state index contributed by atoms with van der Waals surface area (Å²) in [5.41, 5.74) is 14.5. The number of hydrogen-bond donors (Lipinski definition) is 2. The molecule has 1 saturated heterocycles. The summed E-state index contributed by atoms with van der Waals surface area (Å²) in [5.74, 6) is 0. The minimum absolute atomic E-state index is 0.279. The van der Waals surface area contributed by atoms with Gasteiger partial charge in [-0.2, -0.15) is 0 Å². The lowest BCUT2D eigenvalue weighted by Crippen LogP contribution is -2.54. The van der Waals surface area contributed by atoms with E-state index in [9.17, 15) is 0 Å². The zero-order valence-electron chi connectivity index (χ0n) is 7.71. The van der Waals surface area contributed by atoms with E-state index in [0.29, 0.717) is 13.2 Å². The molecular weight excluding hydrogens is 164 g/mol. The molecule has 0 aromatic heterocycles. The molecule has 1 aromatic rings. The first-order chi connectivity index (χ1) is 6.12. The topological polar surface area (TPSA) is 61.3 Å². The highest BCUT2D eigenvalue weighted by molar-refractivity contribution is 5.49. The number of benzene rings is 1. The van der Waals surface area contributed by atoms with E-state index < -0.39 is 0 Å². The second-order valence-electron chi connectivity index (χ2n) is 3.72. The van der Waals surface area contributed by atoms with E-state index in [1.807, 2.05) is 25.1 Å². The van der Waals surface area contributed by atoms with Gasteiger partial charge in [0.1, 0.15) is 0 Å². The maximum Gasteiger partial charge on any atom is 0.0883 e. The van der Waals surface area contributed by atoms with Crippen LogP contribution in [0.25, 0.3) is 0 Å². The maximum atomic E-state index is 6.08. The second kappa shape index (κ2) is 2.72. The Morgan fingerprint density at radius 1 is 1.38 bits per heavy atom. The molecule has 3 heteroatoms. The highest BCUT2D eigenvalue weighted by Gasteiger charge is 2.35. The summed E-state index contributed by atoms with van der Waals surface area (Å²) in [4.78, 5) is 0. The number of nitrogen functional groups attached to an aromatic ring is 1.